The first-order valence-corrected chi connectivity index (χ1v) is 47.5. The number of nitrogens with one attached hydrogen (secondary N) is 6. The molecule has 0 radical (unpaired) electrons. The SMILES string of the molecule is CC(C)(C)NS(=O)(=O)c1ccccc1-c1ccc(C(=O)N2CCN(S(=O)(=O)c3cc4cc(Cl)ccc4[nH]3)CC2)cc1.CC(C)(C)NS(=O)(=O)c1ccccc1-c1ccc(C(=O)O)cc1.NS(=O)(=O)c1ccccc1-c1ccc(C(=O)N2CCN(S(=O)(=O)c3cc4cc(Cl)ccc4[nH]3)CC2)cc1.O=S(=O)(c1cc2cc(Cl)ccc2[nH]1)N1CCNCC1. The van der Waals surface area contributed by atoms with Crippen molar-refractivity contribution >= 4 is 145 Å². The Bertz CT molecular complexity index is 6580. The molecule has 632 valence electrons. The quantitative estimate of drug-likeness (QED) is 0.0420. The van der Waals surface area contributed by atoms with Crippen LogP contribution in [0.15, 0.2) is 248 Å². The Morgan fingerprint density at radius 1 is 0.367 bits per heavy atom. The number of nitrogens with zero attached hydrogens (tertiary/aromatic N) is 5. The highest BCUT2D eigenvalue weighted by atomic mass is 35.5. The maximum atomic E-state index is 13.2. The number of piperazine rings is 3. The molecule has 3 aromatic heterocycles. The predicted molar refractivity (Wildman–Crippen MR) is 465 cm³/mol. The number of benzene rings is 9. The van der Waals surface area contributed by atoms with E-state index in [0.29, 0.717) is 108 Å². The molecule has 0 atom stereocenters. The van der Waals surface area contributed by atoms with E-state index in [4.69, 9.17) is 45.0 Å². The van der Waals surface area contributed by atoms with Gasteiger partial charge in [-0.15, -0.1) is 0 Å². The fraction of sp³-hybridized carbons (Fsp3) is 0.241. The summed E-state index contributed by atoms with van der Waals surface area (Å²) in [7, 11) is -22.4. The van der Waals surface area contributed by atoms with Crippen molar-refractivity contribution in [3.8, 4) is 33.4 Å². The minimum atomic E-state index is -3.91. The molecule has 37 heteroatoms. The zero-order valence-electron chi connectivity index (χ0n) is 65.7. The Balaban J connectivity index is 0.000000153. The topological polar surface area (TPSA) is 402 Å². The van der Waals surface area contributed by atoms with Crippen LogP contribution in [0.4, 0.5) is 0 Å². The van der Waals surface area contributed by atoms with Crippen molar-refractivity contribution in [3.05, 3.63) is 250 Å². The molecule has 12 aromatic rings. The normalized spacial score (nSPS) is 15.1. The average Bonchev–Trinajstić information content (AvgIpc) is 1.69. The second-order valence-corrected chi connectivity index (χ2v) is 42.3. The third kappa shape index (κ3) is 21.2. The highest BCUT2D eigenvalue weighted by Crippen LogP contribution is 2.35. The average molecular weight is 1810 g/mol. The molecule has 0 aliphatic carbocycles. The van der Waals surface area contributed by atoms with Gasteiger partial charge in [0.1, 0.15) is 15.1 Å². The number of aromatic carboxylic acids is 1. The molecular formula is C83H87Cl3N12O16S6. The molecule has 6 heterocycles. The van der Waals surface area contributed by atoms with Crippen molar-refractivity contribution in [2.24, 2.45) is 5.14 Å². The number of nitrogens with two attached hydrogens (primary N) is 1. The number of rotatable bonds is 17. The largest absolute Gasteiger partial charge is 0.478 e. The molecule has 0 spiro atoms. The lowest BCUT2D eigenvalue weighted by molar-refractivity contribution is 0.0688. The van der Waals surface area contributed by atoms with Gasteiger partial charge in [-0.1, -0.05) is 126 Å². The minimum absolute atomic E-state index is 0.00414. The molecule has 0 saturated carbocycles. The molecule has 9 aromatic carbocycles. The summed E-state index contributed by atoms with van der Waals surface area (Å²) in [6, 6.07) is 59.5. The minimum Gasteiger partial charge on any atom is -0.478 e. The van der Waals surface area contributed by atoms with E-state index in [0.717, 1.165) is 10.9 Å². The van der Waals surface area contributed by atoms with Gasteiger partial charge in [0.05, 0.1) is 20.2 Å². The monoisotopic (exact) mass is 1800 g/mol. The van der Waals surface area contributed by atoms with E-state index in [1.54, 1.807) is 245 Å². The maximum absolute atomic E-state index is 13.2. The lowest BCUT2D eigenvalue weighted by atomic mass is 10.0. The van der Waals surface area contributed by atoms with E-state index < -0.39 is 77.2 Å². The van der Waals surface area contributed by atoms with E-state index in [2.05, 4.69) is 29.7 Å². The van der Waals surface area contributed by atoms with Crippen LogP contribution in [-0.4, -0.2) is 201 Å². The number of fused-ring (bicyclic) bond motifs is 3. The lowest BCUT2D eigenvalue weighted by Gasteiger charge is -2.33. The van der Waals surface area contributed by atoms with Gasteiger partial charge < -0.3 is 35.2 Å². The third-order valence-corrected chi connectivity index (χ3v) is 30.2. The fourth-order valence-electron chi connectivity index (χ4n) is 13.7. The van der Waals surface area contributed by atoms with Gasteiger partial charge in [0.25, 0.3) is 41.9 Å². The van der Waals surface area contributed by atoms with Gasteiger partial charge in [-0.05, 0) is 186 Å². The van der Waals surface area contributed by atoms with Gasteiger partial charge in [0.15, 0.2) is 0 Å². The number of H-pyrrole nitrogens is 3. The first kappa shape index (κ1) is 89.6. The molecule has 120 heavy (non-hydrogen) atoms. The van der Waals surface area contributed by atoms with Crippen LogP contribution in [0.25, 0.3) is 66.1 Å². The van der Waals surface area contributed by atoms with Crippen molar-refractivity contribution in [1.82, 2.24) is 52.4 Å². The summed E-state index contributed by atoms with van der Waals surface area (Å²) in [5, 5.41) is 21.7. The first-order valence-electron chi connectivity index (χ1n) is 37.5. The molecule has 15 rings (SSSR count). The maximum Gasteiger partial charge on any atom is 0.335 e. The molecule has 9 N–H and O–H groups in total. The molecule has 3 aliphatic rings. The van der Waals surface area contributed by atoms with Crippen LogP contribution in [0.3, 0.4) is 0 Å². The zero-order chi connectivity index (χ0) is 86.7. The van der Waals surface area contributed by atoms with Crippen LogP contribution in [-0.2, 0) is 60.1 Å². The van der Waals surface area contributed by atoms with Crippen LogP contribution in [0.1, 0.15) is 72.6 Å². The summed E-state index contributed by atoms with van der Waals surface area (Å²) in [4.78, 5) is 49.6. The number of hydrogen-bond donors (Lipinski definition) is 8. The summed E-state index contributed by atoms with van der Waals surface area (Å²) < 4.78 is 162. The number of carboxylic acids is 1. The molecule has 0 bridgehead atoms. The number of hydrogen-bond acceptors (Lipinski definition) is 16. The van der Waals surface area contributed by atoms with E-state index in [1.807, 2.05) is 0 Å². The van der Waals surface area contributed by atoms with Crippen molar-refractivity contribution in [3.63, 3.8) is 0 Å². The zero-order valence-corrected chi connectivity index (χ0v) is 72.9. The molecule has 3 saturated heterocycles. The molecule has 3 aliphatic heterocycles. The number of aromatic nitrogens is 3. The highest BCUT2D eigenvalue weighted by molar-refractivity contribution is 7.90. The summed E-state index contributed by atoms with van der Waals surface area (Å²) in [6.45, 7) is 14.6. The van der Waals surface area contributed by atoms with Gasteiger partial charge in [0.2, 0.25) is 30.1 Å². The summed E-state index contributed by atoms with van der Waals surface area (Å²) in [6.07, 6.45) is 0. The Morgan fingerprint density at radius 3 is 0.950 bits per heavy atom. The van der Waals surface area contributed by atoms with Gasteiger partial charge in [-0.2, -0.15) is 12.9 Å². The number of aromatic amines is 3. The summed E-state index contributed by atoms with van der Waals surface area (Å²) in [5.41, 5.74) is 5.31. The van der Waals surface area contributed by atoms with Crippen LogP contribution < -0.4 is 19.9 Å². The predicted octanol–water partition coefficient (Wildman–Crippen LogP) is 12.5. The summed E-state index contributed by atoms with van der Waals surface area (Å²) in [5.74, 6) is -1.47. The van der Waals surface area contributed by atoms with Crippen molar-refractivity contribution in [2.45, 2.75) is 82.4 Å². The second-order valence-electron chi connectivity index (χ2n) is 30.4. The third-order valence-electron chi connectivity index (χ3n) is 19.4. The van der Waals surface area contributed by atoms with E-state index in [-0.39, 0.29) is 99.5 Å². The lowest BCUT2D eigenvalue weighted by Crippen LogP contribution is -2.50. The smallest absolute Gasteiger partial charge is 0.335 e. The number of halogens is 3. The number of carboxylic acid groups (broad SMARTS) is 1. The summed E-state index contributed by atoms with van der Waals surface area (Å²) >= 11 is 18.0. The molecule has 2 amide bonds. The van der Waals surface area contributed by atoms with Gasteiger partial charge >= 0.3 is 5.97 Å². The number of carbonyl (C=O) groups excluding carboxylic acids is 2. The molecular weight excluding hydrogens is 1720 g/mol. The van der Waals surface area contributed by atoms with Crippen LogP contribution in [0, 0.1) is 0 Å². The van der Waals surface area contributed by atoms with Crippen LogP contribution in [0.5, 0.6) is 0 Å². The Hall–Kier alpha value is -9.70. The Morgan fingerprint density at radius 2 is 0.650 bits per heavy atom. The standard InChI is InChI=1S/C29H31ClN4O5S2.C25H23ClN4O5S2.C17H19NO4S.C12H14ClN3O2S/c1-29(2,3)32-40(36,37)26-7-5-4-6-24(26)20-8-10-21(11-9-20)28(35)33-14-16-34(17-15-33)41(38,39)27-19-22-18-23(30)12-13-25(22)31-27;26-20-9-10-22-19(15-20)16-24(28-22)37(34,35)30-13-11-29(12-14-30)25(31)18-7-5-17(6-8-18)21-3-1-2-4-23(21)36(27,32)33;1-17(2,3)18-23(21,22)15-7-5-4-6-14(15)12-8-10-13(11-9-12)16(19)20;13-10-1-2-11-9(7-10)8-12(15-11)19(17,18)16-5-3-14-4-6-16/h4-13,18-19,31-32H,14-17H2,1-3H3;1-10,15-16,28H,11-14H2,(H2,27,32,33);4-11,18H,1-3H3,(H,19,20);1-2,7-8,14-15H,3-6H2. The second kappa shape index (κ2) is 36.2. The highest BCUT2D eigenvalue weighted by Gasteiger charge is 2.36. The Labute approximate surface area is 711 Å². The van der Waals surface area contributed by atoms with Crippen molar-refractivity contribution < 1.29 is 70.0 Å². The number of carbonyl (C=O) groups is 3. The number of primary sulfonamides is 1. The van der Waals surface area contributed by atoms with E-state index >= 15 is 0 Å². The van der Waals surface area contributed by atoms with Crippen LogP contribution >= 0.6 is 34.8 Å². The van der Waals surface area contributed by atoms with E-state index in [9.17, 15) is 64.9 Å². The number of amides is 2. The van der Waals surface area contributed by atoms with Crippen molar-refractivity contribution in [1.29, 1.82) is 0 Å². The van der Waals surface area contributed by atoms with Gasteiger partial charge in [0, 0.05) is 165 Å². The first-order chi connectivity index (χ1) is 56.4. The van der Waals surface area contributed by atoms with Crippen molar-refractivity contribution in [2.75, 3.05) is 78.5 Å². The number of sulfonamides is 6. The molecule has 3 fully saturated rings. The molecule has 0 unspecified atom stereocenters. The van der Waals surface area contributed by atoms with Gasteiger partial charge in [-0.25, -0.2) is 69.9 Å². The Kier molecular flexibility index (Phi) is 27.0. The molecule has 28 nitrogen and oxygen atoms in total. The van der Waals surface area contributed by atoms with Crippen LogP contribution in [0.2, 0.25) is 15.1 Å². The van der Waals surface area contributed by atoms with E-state index in [1.165, 1.54) is 37.2 Å². The van der Waals surface area contributed by atoms with Gasteiger partial charge in [-0.3, -0.25) is 9.59 Å². The fourth-order valence-corrected chi connectivity index (χ4v) is 22.6.